The third-order valence-electron chi connectivity index (χ3n) is 3.04. The molecule has 1 aliphatic rings. The van der Waals surface area contributed by atoms with Gasteiger partial charge in [0.15, 0.2) is 0 Å². The van der Waals surface area contributed by atoms with Crippen LogP contribution in [0.5, 0.6) is 0 Å². The Morgan fingerprint density at radius 2 is 2.31 bits per heavy atom. The molecule has 1 atom stereocenters. The van der Waals surface area contributed by atoms with E-state index in [2.05, 4.69) is 37.5 Å². The van der Waals surface area contributed by atoms with Crippen molar-refractivity contribution in [2.24, 2.45) is 0 Å². The van der Waals surface area contributed by atoms with Crippen LogP contribution in [0.1, 0.15) is 36.1 Å². The maximum atomic E-state index is 3.37. The first-order chi connectivity index (χ1) is 6.35. The number of hydrogen-bond donors (Lipinski definition) is 1. The number of benzene rings is 1. The van der Waals surface area contributed by atoms with E-state index in [1.54, 1.807) is 0 Å². The summed E-state index contributed by atoms with van der Waals surface area (Å²) in [6, 6.07) is 7.52. The predicted molar refractivity (Wildman–Crippen MR) is 55.9 cm³/mol. The van der Waals surface area contributed by atoms with E-state index in [0.29, 0.717) is 6.04 Å². The highest BCUT2D eigenvalue weighted by Gasteiger charge is 2.20. The van der Waals surface area contributed by atoms with Crippen LogP contribution in [-0.2, 0) is 12.8 Å². The van der Waals surface area contributed by atoms with Gasteiger partial charge in [0.25, 0.3) is 0 Å². The molecule has 0 spiro atoms. The number of hydrogen-bond acceptors (Lipinski definition) is 1. The summed E-state index contributed by atoms with van der Waals surface area (Å²) in [4.78, 5) is 0. The second-order valence-electron chi connectivity index (χ2n) is 3.77. The van der Waals surface area contributed by atoms with Crippen LogP contribution in [0, 0.1) is 0 Å². The average molecular weight is 175 g/mol. The van der Waals surface area contributed by atoms with Gasteiger partial charge in [0.1, 0.15) is 0 Å². The summed E-state index contributed by atoms with van der Waals surface area (Å²) in [5.41, 5.74) is 4.53. The quantitative estimate of drug-likeness (QED) is 0.728. The van der Waals surface area contributed by atoms with Crippen molar-refractivity contribution in [1.29, 1.82) is 0 Å². The Kier molecular flexibility index (Phi) is 2.36. The number of fused-ring (bicyclic) bond motifs is 1. The van der Waals surface area contributed by atoms with Gasteiger partial charge in [-0.15, -0.1) is 0 Å². The Labute approximate surface area is 80.2 Å². The van der Waals surface area contributed by atoms with Crippen molar-refractivity contribution in [1.82, 2.24) is 5.32 Å². The molecule has 0 aromatic heterocycles. The zero-order chi connectivity index (χ0) is 9.26. The second kappa shape index (κ2) is 3.51. The van der Waals surface area contributed by atoms with Gasteiger partial charge in [-0.1, -0.05) is 25.1 Å². The summed E-state index contributed by atoms with van der Waals surface area (Å²) in [7, 11) is 2.05. The first kappa shape index (κ1) is 8.76. The lowest BCUT2D eigenvalue weighted by atomic mass is 10.0. The van der Waals surface area contributed by atoms with E-state index in [1.165, 1.54) is 29.5 Å². The van der Waals surface area contributed by atoms with Gasteiger partial charge < -0.3 is 5.32 Å². The van der Waals surface area contributed by atoms with E-state index < -0.39 is 0 Å². The van der Waals surface area contributed by atoms with Crippen LogP contribution in [0.4, 0.5) is 0 Å². The lowest BCUT2D eigenvalue weighted by Gasteiger charge is -2.10. The van der Waals surface area contributed by atoms with Gasteiger partial charge >= 0.3 is 0 Å². The Morgan fingerprint density at radius 1 is 1.46 bits per heavy atom. The molecule has 1 heteroatoms. The average Bonchev–Trinajstić information content (AvgIpc) is 2.59. The molecule has 1 aliphatic carbocycles. The molecule has 1 aromatic rings. The van der Waals surface area contributed by atoms with Gasteiger partial charge in [-0.25, -0.2) is 0 Å². The fourth-order valence-electron chi connectivity index (χ4n) is 2.17. The molecular weight excluding hydrogens is 158 g/mol. The van der Waals surface area contributed by atoms with Crippen LogP contribution < -0.4 is 5.32 Å². The van der Waals surface area contributed by atoms with Gasteiger partial charge in [0, 0.05) is 6.04 Å². The molecule has 1 aromatic carbocycles. The smallest absolute Gasteiger partial charge is 0.0323 e. The highest BCUT2D eigenvalue weighted by atomic mass is 14.9. The summed E-state index contributed by atoms with van der Waals surface area (Å²) in [6.07, 6.45) is 3.65. The third-order valence-corrected chi connectivity index (χ3v) is 3.04. The summed E-state index contributed by atoms with van der Waals surface area (Å²) in [5, 5.41) is 3.37. The third kappa shape index (κ3) is 1.49. The molecule has 0 bridgehead atoms. The molecule has 0 saturated heterocycles. The lowest BCUT2D eigenvalue weighted by Crippen LogP contribution is -2.12. The van der Waals surface area contributed by atoms with Crippen LogP contribution in [0.15, 0.2) is 18.2 Å². The summed E-state index contributed by atoms with van der Waals surface area (Å²) in [6.45, 7) is 2.21. The minimum absolute atomic E-state index is 0.599. The molecule has 1 N–H and O–H groups in total. The van der Waals surface area contributed by atoms with Crippen LogP contribution in [0.25, 0.3) is 0 Å². The monoisotopic (exact) mass is 175 g/mol. The fourth-order valence-corrected chi connectivity index (χ4v) is 2.17. The zero-order valence-corrected chi connectivity index (χ0v) is 8.43. The number of nitrogens with one attached hydrogen (secondary N) is 1. The standard InChI is InChI=1S/C12H17N/c1-3-9-4-5-10-6-7-12(13-2)11(10)8-9/h4-5,8,12-13H,3,6-7H2,1-2H3/t12-/m0/s1. The minimum atomic E-state index is 0.599. The van der Waals surface area contributed by atoms with Crippen molar-refractivity contribution < 1.29 is 0 Å². The topological polar surface area (TPSA) is 12.0 Å². The Bertz CT molecular complexity index is 304. The maximum absolute atomic E-state index is 3.37. The Morgan fingerprint density at radius 3 is 3.00 bits per heavy atom. The molecule has 0 fully saturated rings. The van der Waals surface area contributed by atoms with Crippen molar-refractivity contribution in [2.75, 3.05) is 7.05 Å². The molecule has 13 heavy (non-hydrogen) atoms. The fraction of sp³-hybridized carbons (Fsp3) is 0.500. The molecule has 0 amide bonds. The van der Waals surface area contributed by atoms with Crippen molar-refractivity contribution >= 4 is 0 Å². The van der Waals surface area contributed by atoms with Gasteiger partial charge in [-0.3, -0.25) is 0 Å². The zero-order valence-electron chi connectivity index (χ0n) is 8.43. The number of rotatable bonds is 2. The van der Waals surface area contributed by atoms with Crippen LogP contribution >= 0.6 is 0 Å². The highest BCUT2D eigenvalue weighted by Crippen LogP contribution is 2.31. The summed E-state index contributed by atoms with van der Waals surface area (Å²) >= 11 is 0. The van der Waals surface area contributed by atoms with Crippen molar-refractivity contribution in [3.8, 4) is 0 Å². The van der Waals surface area contributed by atoms with Crippen molar-refractivity contribution in [3.05, 3.63) is 34.9 Å². The lowest BCUT2D eigenvalue weighted by molar-refractivity contribution is 0.590. The maximum Gasteiger partial charge on any atom is 0.0323 e. The van der Waals surface area contributed by atoms with Gasteiger partial charge in [0.05, 0.1) is 0 Å². The summed E-state index contributed by atoms with van der Waals surface area (Å²) in [5.74, 6) is 0. The highest BCUT2D eigenvalue weighted by molar-refractivity contribution is 5.37. The summed E-state index contributed by atoms with van der Waals surface area (Å²) < 4.78 is 0. The SMILES string of the molecule is CCc1ccc2c(c1)[C@@H](NC)CC2. The van der Waals surface area contributed by atoms with Gasteiger partial charge in [-0.2, -0.15) is 0 Å². The van der Waals surface area contributed by atoms with E-state index in [-0.39, 0.29) is 0 Å². The van der Waals surface area contributed by atoms with E-state index >= 15 is 0 Å². The minimum Gasteiger partial charge on any atom is -0.313 e. The predicted octanol–water partition coefficient (Wildman–Crippen LogP) is 2.46. The molecule has 70 valence electrons. The molecule has 0 saturated carbocycles. The second-order valence-corrected chi connectivity index (χ2v) is 3.77. The van der Waals surface area contributed by atoms with E-state index in [1.807, 2.05) is 0 Å². The molecule has 0 aliphatic heterocycles. The Hall–Kier alpha value is -0.820. The molecular formula is C12H17N. The van der Waals surface area contributed by atoms with Gasteiger partial charge in [-0.05, 0) is 43.0 Å². The van der Waals surface area contributed by atoms with E-state index in [4.69, 9.17) is 0 Å². The largest absolute Gasteiger partial charge is 0.313 e. The van der Waals surface area contributed by atoms with Crippen LogP contribution in [-0.4, -0.2) is 7.05 Å². The van der Waals surface area contributed by atoms with Crippen LogP contribution in [0.3, 0.4) is 0 Å². The molecule has 0 unspecified atom stereocenters. The number of aryl methyl sites for hydroxylation is 2. The molecule has 0 heterocycles. The van der Waals surface area contributed by atoms with E-state index in [9.17, 15) is 0 Å². The van der Waals surface area contributed by atoms with Crippen LogP contribution in [0.2, 0.25) is 0 Å². The van der Waals surface area contributed by atoms with Crippen molar-refractivity contribution in [2.45, 2.75) is 32.2 Å². The van der Waals surface area contributed by atoms with Gasteiger partial charge in [0.2, 0.25) is 0 Å². The molecule has 1 nitrogen and oxygen atoms in total. The molecule has 0 radical (unpaired) electrons. The normalized spacial score (nSPS) is 20.3. The first-order valence-electron chi connectivity index (χ1n) is 5.14. The first-order valence-corrected chi connectivity index (χ1v) is 5.14. The van der Waals surface area contributed by atoms with E-state index in [0.717, 1.165) is 6.42 Å². The van der Waals surface area contributed by atoms with Crippen molar-refractivity contribution in [3.63, 3.8) is 0 Å². The molecule has 2 rings (SSSR count). The Balaban J connectivity index is 2.37.